The van der Waals surface area contributed by atoms with E-state index in [9.17, 15) is 9.59 Å². The van der Waals surface area contributed by atoms with Gasteiger partial charge in [0.15, 0.2) is 5.82 Å². The lowest BCUT2D eigenvalue weighted by Crippen LogP contribution is -2.42. The fourth-order valence-electron chi connectivity index (χ4n) is 2.62. The average Bonchev–Trinajstić information content (AvgIpc) is 2.93. The lowest BCUT2D eigenvalue weighted by atomic mass is 9.97. The van der Waals surface area contributed by atoms with Crippen LogP contribution in [0.5, 0.6) is 0 Å². The third kappa shape index (κ3) is 6.32. The molecule has 0 radical (unpaired) electrons. The molecule has 0 N–H and O–H groups in total. The minimum Gasteiger partial charge on any atom is -0.466 e. The molecule has 2 heterocycles. The number of esters is 1. The first kappa shape index (κ1) is 19.1. The highest BCUT2D eigenvalue weighted by molar-refractivity contribution is 5.71. The number of nitrogens with zero attached hydrogens (tertiary/aromatic N) is 5. The maximum atomic E-state index is 12.1. The number of piperidine rings is 1. The van der Waals surface area contributed by atoms with Crippen molar-refractivity contribution in [3.63, 3.8) is 0 Å². The Kier molecular flexibility index (Phi) is 6.33. The van der Waals surface area contributed by atoms with Crippen LogP contribution < -0.4 is 0 Å². The van der Waals surface area contributed by atoms with Crippen LogP contribution in [0.2, 0.25) is 0 Å². The van der Waals surface area contributed by atoms with Gasteiger partial charge in [-0.2, -0.15) is 4.80 Å². The van der Waals surface area contributed by atoms with Gasteiger partial charge in [-0.05, 0) is 51.7 Å². The standard InChI is InChI=1S/C16H27N5O4/c1-5-24-14(22)10-13-17-19-21(18-13)11-12-6-8-20(9-7-12)15(23)25-16(2,3)4/h12H,5-11H2,1-4H3. The number of hydrogen-bond donors (Lipinski definition) is 0. The summed E-state index contributed by atoms with van der Waals surface area (Å²) >= 11 is 0. The van der Waals surface area contributed by atoms with Crippen LogP contribution in [0.3, 0.4) is 0 Å². The number of rotatable bonds is 5. The lowest BCUT2D eigenvalue weighted by molar-refractivity contribution is -0.142. The Morgan fingerprint density at radius 2 is 1.92 bits per heavy atom. The summed E-state index contributed by atoms with van der Waals surface area (Å²) in [5, 5.41) is 12.1. The van der Waals surface area contributed by atoms with Crippen molar-refractivity contribution < 1.29 is 19.1 Å². The number of hydrogen-bond acceptors (Lipinski definition) is 7. The van der Waals surface area contributed by atoms with Crippen molar-refractivity contribution in [3.05, 3.63) is 5.82 Å². The normalized spacial score (nSPS) is 15.9. The number of amides is 1. The molecule has 1 aromatic rings. The van der Waals surface area contributed by atoms with Crippen LogP contribution in [0.1, 0.15) is 46.4 Å². The van der Waals surface area contributed by atoms with E-state index in [1.54, 1.807) is 11.8 Å². The van der Waals surface area contributed by atoms with E-state index < -0.39 is 5.60 Å². The minimum atomic E-state index is -0.478. The van der Waals surface area contributed by atoms with Crippen molar-refractivity contribution in [1.82, 2.24) is 25.1 Å². The van der Waals surface area contributed by atoms with E-state index in [-0.39, 0.29) is 18.5 Å². The predicted molar refractivity (Wildman–Crippen MR) is 88.7 cm³/mol. The highest BCUT2D eigenvalue weighted by Crippen LogP contribution is 2.20. The largest absolute Gasteiger partial charge is 0.466 e. The molecule has 9 nitrogen and oxygen atoms in total. The van der Waals surface area contributed by atoms with E-state index in [1.807, 2.05) is 20.8 Å². The van der Waals surface area contributed by atoms with Crippen molar-refractivity contribution in [1.29, 1.82) is 0 Å². The molecule has 0 bridgehead atoms. The third-order valence-electron chi connectivity index (χ3n) is 3.79. The maximum absolute atomic E-state index is 12.1. The van der Waals surface area contributed by atoms with Gasteiger partial charge in [0, 0.05) is 13.1 Å². The molecule has 1 fully saturated rings. The van der Waals surface area contributed by atoms with Gasteiger partial charge in [-0.25, -0.2) is 4.79 Å². The summed E-state index contributed by atoms with van der Waals surface area (Å²) in [5.74, 6) is 0.376. The Labute approximate surface area is 147 Å². The quantitative estimate of drug-likeness (QED) is 0.738. The molecule has 1 aromatic heterocycles. The van der Waals surface area contributed by atoms with Crippen LogP contribution in [0.4, 0.5) is 4.79 Å². The molecule has 0 saturated carbocycles. The number of carbonyl (C=O) groups is 2. The Bertz CT molecular complexity index is 588. The second-order valence-electron chi connectivity index (χ2n) is 7.15. The van der Waals surface area contributed by atoms with Gasteiger partial charge in [0.05, 0.1) is 13.2 Å². The van der Waals surface area contributed by atoms with E-state index in [1.165, 1.54) is 4.80 Å². The SMILES string of the molecule is CCOC(=O)Cc1nnn(CC2CCN(C(=O)OC(C)(C)C)CC2)n1. The first-order valence-electron chi connectivity index (χ1n) is 8.67. The Morgan fingerprint density at radius 3 is 2.52 bits per heavy atom. The Hall–Kier alpha value is -2.19. The summed E-state index contributed by atoms with van der Waals surface area (Å²) in [4.78, 5) is 26.7. The van der Waals surface area contributed by atoms with Gasteiger partial charge < -0.3 is 14.4 Å². The average molecular weight is 353 g/mol. The van der Waals surface area contributed by atoms with E-state index in [0.29, 0.717) is 38.0 Å². The third-order valence-corrected chi connectivity index (χ3v) is 3.79. The Morgan fingerprint density at radius 1 is 1.24 bits per heavy atom. The summed E-state index contributed by atoms with van der Waals surface area (Å²) in [6.45, 7) is 9.62. The fraction of sp³-hybridized carbons (Fsp3) is 0.812. The summed E-state index contributed by atoms with van der Waals surface area (Å²) in [6.07, 6.45) is 1.48. The molecule has 1 aliphatic rings. The smallest absolute Gasteiger partial charge is 0.410 e. The molecular formula is C16H27N5O4. The van der Waals surface area contributed by atoms with Crippen molar-refractivity contribution in [2.75, 3.05) is 19.7 Å². The Balaban J connectivity index is 1.77. The van der Waals surface area contributed by atoms with Crippen LogP contribution in [-0.4, -0.2) is 62.5 Å². The molecule has 0 atom stereocenters. The molecule has 0 aliphatic carbocycles. The van der Waals surface area contributed by atoms with E-state index >= 15 is 0 Å². The fourth-order valence-corrected chi connectivity index (χ4v) is 2.62. The molecule has 140 valence electrons. The summed E-state index contributed by atoms with van der Waals surface area (Å²) in [5.41, 5.74) is -0.478. The zero-order chi connectivity index (χ0) is 18.4. The minimum absolute atomic E-state index is 0.0327. The molecular weight excluding hydrogens is 326 g/mol. The van der Waals surface area contributed by atoms with Crippen molar-refractivity contribution >= 4 is 12.1 Å². The second-order valence-corrected chi connectivity index (χ2v) is 7.15. The molecule has 1 saturated heterocycles. The molecule has 2 rings (SSSR count). The first-order chi connectivity index (χ1) is 11.8. The maximum Gasteiger partial charge on any atom is 0.410 e. The number of tetrazole rings is 1. The lowest BCUT2D eigenvalue weighted by Gasteiger charge is -2.33. The second kappa shape index (κ2) is 8.26. The molecule has 25 heavy (non-hydrogen) atoms. The van der Waals surface area contributed by atoms with Gasteiger partial charge in [0.1, 0.15) is 12.0 Å². The molecule has 0 spiro atoms. The summed E-state index contributed by atoms with van der Waals surface area (Å²) in [6, 6.07) is 0. The van der Waals surface area contributed by atoms with Crippen LogP contribution >= 0.6 is 0 Å². The molecule has 1 aliphatic heterocycles. The van der Waals surface area contributed by atoms with Crippen LogP contribution in [0, 0.1) is 5.92 Å². The summed E-state index contributed by atoms with van der Waals surface area (Å²) in [7, 11) is 0. The number of ether oxygens (including phenoxy) is 2. The van der Waals surface area contributed by atoms with Gasteiger partial charge >= 0.3 is 12.1 Å². The van der Waals surface area contributed by atoms with Crippen molar-refractivity contribution in [3.8, 4) is 0 Å². The monoisotopic (exact) mass is 353 g/mol. The van der Waals surface area contributed by atoms with Gasteiger partial charge in [-0.15, -0.1) is 10.2 Å². The van der Waals surface area contributed by atoms with Crippen LogP contribution in [0.15, 0.2) is 0 Å². The highest BCUT2D eigenvalue weighted by Gasteiger charge is 2.27. The van der Waals surface area contributed by atoms with Gasteiger partial charge in [0.25, 0.3) is 0 Å². The number of likely N-dealkylation sites (tertiary alicyclic amines) is 1. The van der Waals surface area contributed by atoms with Crippen LogP contribution in [0.25, 0.3) is 0 Å². The topological polar surface area (TPSA) is 99.4 Å². The van der Waals surface area contributed by atoms with Gasteiger partial charge in [0.2, 0.25) is 0 Å². The number of carbonyl (C=O) groups excluding carboxylic acids is 2. The van der Waals surface area contributed by atoms with Crippen molar-refractivity contribution in [2.24, 2.45) is 5.92 Å². The van der Waals surface area contributed by atoms with E-state index in [4.69, 9.17) is 9.47 Å². The zero-order valence-electron chi connectivity index (χ0n) is 15.4. The van der Waals surface area contributed by atoms with Crippen molar-refractivity contribution in [2.45, 2.75) is 59.1 Å². The first-order valence-corrected chi connectivity index (χ1v) is 8.67. The molecule has 0 aromatic carbocycles. The van der Waals surface area contributed by atoms with Crippen LogP contribution in [-0.2, 0) is 27.2 Å². The number of aromatic nitrogens is 4. The van der Waals surface area contributed by atoms with E-state index in [2.05, 4.69) is 15.4 Å². The molecule has 9 heteroatoms. The molecule has 1 amide bonds. The molecule has 0 unspecified atom stereocenters. The highest BCUT2D eigenvalue weighted by atomic mass is 16.6. The summed E-state index contributed by atoms with van der Waals surface area (Å²) < 4.78 is 10.3. The predicted octanol–water partition coefficient (Wildman–Crippen LogP) is 1.43. The van der Waals surface area contributed by atoms with Gasteiger partial charge in [-0.1, -0.05) is 0 Å². The van der Waals surface area contributed by atoms with E-state index in [0.717, 1.165) is 12.8 Å². The van der Waals surface area contributed by atoms with Gasteiger partial charge in [-0.3, -0.25) is 4.79 Å². The zero-order valence-corrected chi connectivity index (χ0v) is 15.4.